The van der Waals surface area contributed by atoms with E-state index in [1.54, 1.807) is 19.2 Å². The Labute approximate surface area is 134 Å². The van der Waals surface area contributed by atoms with Crippen LogP contribution in [-0.2, 0) is 6.54 Å². The van der Waals surface area contributed by atoms with Crippen molar-refractivity contribution in [3.8, 4) is 5.75 Å². The summed E-state index contributed by atoms with van der Waals surface area (Å²) in [6.07, 6.45) is 1.84. The van der Waals surface area contributed by atoms with Crippen LogP contribution in [-0.4, -0.2) is 19.1 Å². The molecule has 0 bridgehead atoms. The monoisotopic (exact) mass is 314 g/mol. The molecule has 0 aliphatic carbocycles. The summed E-state index contributed by atoms with van der Waals surface area (Å²) in [5.41, 5.74) is 7.63. The highest BCUT2D eigenvalue weighted by Gasteiger charge is 2.21. The molecule has 120 valence electrons. The summed E-state index contributed by atoms with van der Waals surface area (Å²) < 4.78 is 19.0. The molecule has 0 saturated carbocycles. The van der Waals surface area contributed by atoms with Gasteiger partial charge in [-0.15, -0.1) is 5.53 Å². The van der Waals surface area contributed by atoms with E-state index in [0.29, 0.717) is 12.1 Å². The van der Waals surface area contributed by atoms with Gasteiger partial charge in [-0.05, 0) is 30.3 Å². The summed E-state index contributed by atoms with van der Waals surface area (Å²) in [6.45, 7) is 0.467. The number of hydrogen-bond donors (Lipinski definition) is 2. The molecule has 1 aliphatic heterocycles. The largest absolute Gasteiger partial charge is 0.497 e. The molecule has 3 rings (SSSR count). The Kier molecular flexibility index (Phi) is 4.34. The van der Waals surface area contributed by atoms with Crippen LogP contribution in [0.2, 0.25) is 0 Å². The Hall–Kier alpha value is -2.73. The number of anilines is 1. The molecule has 0 unspecified atom stereocenters. The van der Waals surface area contributed by atoms with Gasteiger partial charge in [0.2, 0.25) is 0 Å². The number of ether oxygens (including phenoxy) is 1. The zero-order valence-electron chi connectivity index (χ0n) is 13.1. The zero-order chi connectivity index (χ0) is 16.2. The van der Waals surface area contributed by atoms with E-state index < -0.39 is 0 Å². The fourth-order valence-electron chi connectivity index (χ4n) is 2.46. The van der Waals surface area contributed by atoms with Crippen molar-refractivity contribution in [1.29, 1.82) is 0 Å². The van der Waals surface area contributed by atoms with Crippen molar-refractivity contribution in [3.63, 3.8) is 0 Å². The Morgan fingerprint density at radius 1 is 1.13 bits per heavy atom. The van der Waals surface area contributed by atoms with Crippen LogP contribution in [0.3, 0.4) is 0 Å². The maximum Gasteiger partial charge on any atom is 0.142 e. The topological polar surface area (TPSA) is 39.8 Å². The molecule has 6 heteroatoms. The molecule has 0 fully saturated rings. The third kappa shape index (κ3) is 3.22. The quantitative estimate of drug-likeness (QED) is 0.888. The Balaban J connectivity index is 1.76. The summed E-state index contributed by atoms with van der Waals surface area (Å²) in [5.74, 6) is 1.49. The molecule has 0 aromatic heterocycles. The molecular weight excluding hydrogens is 295 g/mol. The normalized spacial score (nSPS) is 13.5. The molecule has 2 aromatic rings. The number of hydrogen-bond acceptors (Lipinski definition) is 5. The van der Waals surface area contributed by atoms with Crippen molar-refractivity contribution < 1.29 is 9.13 Å². The number of nitrogens with one attached hydrogen (secondary N) is 2. The van der Waals surface area contributed by atoms with E-state index in [2.05, 4.69) is 11.0 Å². The van der Waals surface area contributed by atoms with E-state index in [9.17, 15) is 4.39 Å². The second kappa shape index (κ2) is 6.58. The predicted molar refractivity (Wildman–Crippen MR) is 87.7 cm³/mol. The van der Waals surface area contributed by atoms with Gasteiger partial charge in [-0.25, -0.2) is 9.40 Å². The van der Waals surface area contributed by atoms with E-state index in [-0.39, 0.29) is 5.82 Å². The highest BCUT2D eigenvalue weighted by atomic mass is 19.1. The molecule has 1 aliphatic rings. The molecule has 5 nitrogen and oxygen atoms in total. The van der Waals surface area contributed by atoms with Crippen molar-refractivity contribution in [1.82, 2.24) is 15.9 Å². The SMILES string of the molecule is COc1ccc(N2NNC=C2N(C)Cc2ccccc2F)cc1. The molecular formula is C17H19FN4O. The zero-order valence-corrected chi connectivity index (χ0v) is 13.1. The maximum absolute atomic E-state index is 13.8. The number of halogens is 1. The molecule has 23 heavy (non-hydrogen) atoms. The first-order chi connectivity index (χ1) is 11.2. The third-order valence-electron chi connectivity index (χ3n) is 3.69. The summed E-state index contributed by atoms with van der Waals surface area (Å²) >= 11 is 0. The lowest BCUT2D eigenvalue weighted by molar-refractivity contribution is 0.386. The van der Waals surface area contributed by atoms with Crippen molar-refractivity contribution in [2.75, 3.05) is 19.2 Å². The molecule has 0 atom stereocenters. The van der Waals surface area contributed by atoms with Crippen molar-refractivity contribution >= 4 is 5.69 Å². The molecule has 0 radical (unpaired) electrons. The lowest BCUT2D eigenvalue weighted by Gasteiger charge is -2.28. The smallest absolute Gasteiger partial charge is 0.142 e. The van der Waals surface area contributed by atoms with Crippen molar-refractivity contribution in [2.24, 2.45) is 0 Å². The maximum atomic E-state index is 13.8. The van der Waals surface area contributed by atoms with Crippen LogP contribution in [0.4, 0.5) is 10.1 Å². The van der Waals surface area contributed by atoms with Crippen LogP contribution in [0.25, 0.3) is 0 Å². The molecule has 2 N–H and O–H groups in total. The number of rotatable bonds is 5. The first-order valence-electron chi connectivity index (χ1n) is 7.29. The Bertz CT molecular complexity index is 702. The summed E-state index contributed by atoms with van der Waals surface area (Å²) in [6, 6.07) is 14.5. The van der Waals surface area contributed by atoms with Crippen LogP contribution < -0.4 is 20.7 Å². The van der Waals surface area contributed by atoms with Gasteiger partial charge >= 0.3 is 0 Å². The average Bonchev–Trinajstić information content (AvgIpc) is 3.07. The predicted octanol–water partition coefficient (Wildman–Crippen LogP) is 2.59. The van der Waals surface area contributed by atoms with Gasteiger partial charge < -0.3 is 15.1 Å². The second-order valence-corrected chi connectivity index (χ2v) is 5.24. The van der Waals surface area contributed by atoms with Gasteiger partial charge in [-0.1, -0.05) is 18.2 Å². The minimum Gasteiger partial charge on any atom is -0.497 e. The number of hydrazine groups is 2. The van der Waals surface area contributed by atoms with Gasteiger partial charge in [-0.3, -0.25) is 0 Å². The van der Waals surface area contributed by atoms with E-state index in [0.717, 1.165) is 17.3 Å². The standard InChI is InChI=1S/C17H19FN4O/c1-21(12-13-5-3-4-6-16(13)18)17-11-19-20-22(17)14-7-9-15(23-2)10-8-14/h3-11,19-20H,12H2,1-2H3. The molecule has 2 aromatic carbocycles. The Morgan fingerprint density at radius 3 is 2.57 bits per heavy atom. The molecule has 1 heterocycles. The minimum absolute atomic E-state index is 0.199. The molecule has 0 amide bonds. The van der Waals surface area contributed by atoms with Crippen LogP contribution in [0.5, 0.6) is 5.75 Å². The van der Waals surface area contributed by atoms with Crippen LogP contribution in [0.15, 0.2) is 60.6 Å². The van der Waals surface area contributed by atoms with E-state index in [4.69, 9.17) is 4.74 Å². The summed E-state index contributed by atoms with van der Waals surface area (Å²) in [5, 5.41) is 1.89. The highest BCUT2D eigenvalue weighted by Crippen LogP contribution is 2.24. The third-order valence-corrected chi connectivity index (χ3v) is 3.69. The van der Waals surface area contributed by atoms with Gasteiger partial charge in [0.05, 0.1) is 19.0 Å². The first kappa shape index (κ1) is 15.2. The van der Waals surface area contributed by atoms with Gasteiger partial charge in [0.15, 0.2) is 0 Å². The van der Waals surface area contributed by atoms with Crippen LogP contribution >= 0.6 is 0 Å². The van der Waals surface area contributed by atoms with Crippen LogP contribution in [0.1, 0.15) is 5.56 Å². The van der Waals surface area contributed by atoms with Gasteiger partial charge in [0.25, 0.3) is 0 Å². The second-order valence-electron chi connectivity index (χ2n) is 5.24. The number of nitrogens with zero attached hydrogens (tertiary/aromatic N) is 2. The number of methoxy groups -OCH3 is 1. The van der Waals surface area contributed by atoms with Crippen LogP contribution in [0, 0.1) is 5.82 Å². The highest BCUT2D eigenvalue weighted by molar-refractivity contribution is 5.53. The fourth-order valence-corrected chi connectivity index (χ4v) is 2.46. The lowest BCUT2D eigenvalue weighted by Crippen LogP contribution is -2.41. The van der Waals surface area contributed by atoms with Crippen molar-refractivity contribution in [3.05, 3.63) is 71.9 Å². The molecule has 0 saturated heterocycles. The molecule has 0 spiro atoms. The van der Waals surface area contributed by atoms with Crippen molar-refractivity contribution in [2.45, 2.75) is 6.54 Å². The van der Waals surface area contributed by atoms with E-state index in [1.165, 1.54) is 6.07 Å². The van der Waals surface area contributed by atoms with Gasteiger partial charge in [0, 0.05) is 19.2 Å². The number of benzene rings is 2. The Morgan fingerprint density at radius 2 is 1.87 bits per heavy atom. The lowest BCUT2D eigenvalue weighted by atomic mass is 10.2. The minimum atomic E-state index is -0.199. The average molecular weight is 314 g/mol. The van der Waals surface area contributed by atoms with Gasteiger partial charge in [0.1, 0.15) is 17.4 Å². The van der Waals surface area contributed by atoms with E-state index in [1.807, 2.05) is 53.5 Å². The fraction of sp³-hybridized carbons (Fsp3) is 0.176. The summed E-state index contributed by atoms with van der Waals surface area (Å²) in [4.78, 5) is 1.97. The summed E-state index contributed by atoms with van der Waals surface area (Å²) in [7, 11) is 3.56. The first-order valence-corrected chi connectivity index (χ1v) is 7.29. The van der Waals surface area contributed by atoms with Gasteiger partial charge in [-0.2, -0.15) is 0 Å². The van der Waals surface area contributed by atoms with E-state index >= 15 is 0 Å².